The first-order valence-electron chi connectivity index (χ1n) is 9.56. The van der Waals surface area contributed by atoms with E-state index >= 15 is 0 Å². The number of hydrogen-bond donors (Lipinski definition) is 2. The summed E-state index contributed by atoms with van der Waals surface area (Å²) in [6, 6.07) is 6.09. The summed E-state index contributed by atoms with van der Waals surface area (Å²) in [5, 5.41) is 12.2. The molecule has 29 heavy (non-hydrogen) atoms. The molecule has 2 aromatic heterocycles. The van der Waals surface area contributed by atoms with Crippen LogP contribution in [-0.2, 0) is 6.42 Å². The first kappa shape index (κ1) is 19.9. The highest BCUT2D eigenvalue weighted by atomic mass is 32.1. The van der Waals surface area contributed by atoms with Gasteiger partial charge in [0.25, 0.3) is 0 Å². The lowest BCUT2D eigenvalue weighted by Crippen LogP contribution is -2.54. The second kappa shape index (κ2) is 8.17. The van der Waals surface area contributed by atoms with Crippen molar-refractivity contribution in [2.45, 2.75) is 32.4 Å². The van der Waals surface area contributed by atoms with Gasteiger partial charge in [0.15, 0.2) is 16.8 Å². The Kier molecular flexibility index (Phi) is 5.62. The summed E-state index contributed by atoms with van der Waals surface area (Å²) < 4.78 is 28.7. The van der Waals surface area contributed by atoms with Crippen LogP contribution in [0.3, 0.4) is 0 Å². The summed E-state index contributed by atoms with van der Waals surface area (Å²) in [5.74, 6) is -0.310. The SMILES string of the molecule is C[C@H](O)Cc1cnc(N2CCN(Nc3nc4ccc(F)cc4s3)[C@H](C)C2)c(F)c1. The minimum absolute atomic E-state index is 0.0887. The number of hydrazine groups is 1. The van der Waals surface area contributed by atoms with Crippen molar-refractivity contribution in [2.24, 2.45) is 0 Å². The van der Waals surface area contributed by atoms with Crippen LogP contribution in [0.25, 0.3) is 10.2 Å². The number of pyridine rings is 1. The number of aliphatic hydroxyl groups is 1. The highest BCUT2D eigenvalue weighted by Crippen LogP contribution is 2.28. The molecule has 3 heterocycles. The van der Waals surface area contributed by atoms with E-state index in [1.807, 2.05) is 11.8 Å². The Balaban J connectivity index is 1.42. The van der Waals surface area contributed by atoms with Gasteiger partial charge < -0.3 is 10.0 Å². The zero-order valence-electron chi connectivity index (χ0n) is 16.3. The van der Waals surface area contributed by atoms with E-state index in [-0.39, 0.29) is 17.7 Å². The maximum atomic E-state index is 14.6. The molecule has 6 nitrogen and oxygen atoms in total. The van der Waals surface area contributed by atoms with E-state index < -0.39 is 6.10 Å². The largest absolute Gasteiger partial charge is 0.393 e. The number of aliphatic hydroxyl groups excluding tert-OH is 1. The van der Waals surface area contributed by atoms with Crippen molar-refractivity contribution in [2.75, 3.05) is 30.0 Å². The van der Waals surface area contributed by atoms with Crippen molar-refractivity contribution in [3.63, 3.8) is 0 Å². The van der Waals surface area contributed by atoms with Gasteiger partial charge in [-0.2, -0.15) is 0 Å². The minimum Gasteiger partial charge on any atom is -0.393 e. The molecule has 1 fully saturated rings. The fourth-order valence-corrected chi connectivity index (χ4v) is 4.45. The molecule has 0 spiro atoms. The summed E-state index contributed by atoms with van der Waals surface area (Å²) in [7, 11) is 0. The molecule has 4 rings (SSSR count). The predicted octanol–water partition coefficient (Wildman–Crippen LogP) is 3.43. The molecule has 0 amide bonds. The van der Waals surface area contributed by atoms with E-state index in [9.17, 15) is 13.9 Å². The monoisotopic (exact) mass is 419 g/mol. The molecule has 0 unspecified atom stereocenters. The Morgan fingerprint density at radius 2 is 2.14 bits per heavy atom. The second-order valence-corrected chi connectivity index (χ2v) is 8.46. The number of anilines is 2. The minimum atomic E-state index is -0.532. The van der Waals surface area contributed by atoms with Gasteiger partial charge in [-0.3, -0.25) is 5.43 Å². The molecular weight excluding hydrogens is 396 g/mol. The van der Waals surface area contributed by atoms with Crippen molar-refractivity contribution >= 4 is 32.5 Å². The quantitative estimate of drug-likeness (QED) is 0.661. The fraction of sp³-hybridized carbons (Fsp3) is 0.400. The summed E-state index contributed by atoms with van der Waals surface area (Å²) in [5.41, 5.74) is 4.75. The molecule has 0 saturated carbocycles. The molecular formula is C20H23F2N5OS. The predicted molar refractivity (Wildman–Crippen MR) is 111 cm³/mol. The molecule has 1 aromatic carbocycles. The summed E-state index contributed by atoms with van der Waals surface area (Å²) >= 11 is 1.40. The molecule has 0 aliphatic carbocycles. The van der Waals surface area contributed by atoms with Gasteiger partial charge in [-0.15, -0.1) is 0 Å². The van der Waals surface area contributed by atoms with Crippen LogP contribution >= 0.6 is 11.3 Å². The second-order valence-electron chi connectivity index (χ2n) is 7.43. The summed E-state index contributed by atoms with van der Waals surface area (Å²) in [6.07, 6.45) is 1.47. The Hall–Kier alpha value is -2.36. The van der Waals surface area contributed by atoms with Gasteiger partial charge >= 0.3 is 0 Å². The van der Waals surface area contributed by atoms with E-state index in [1.54, 1.807) is 19.2 Å². The number of fused-ring (bicyclic) bond motifs is 1. The Morgan fingerprint density at radius 1 is 1.31 bits per heavy atom. The molecule has 9 heteroatoms. The lowest BCUT2D eigenvalue weighted by molar-refractivity contribution is 0.195. The third kappa shape index (κ3) is 4.47. The average Bonchev–Trinajstić information content (AvgIpc) is 3.04. The zero-order valence-corrected chi connectivity index (χ0v) is 17.1. The molecule has 2 atom stereocenters. The number of nitrogens with zero attached hydrogens (tertiary/aromatic N) is 4. The number of hydrogen-bond acceptors (Lipinski definition) is 7. The molecule has 0 bridgehead atoms. The Morgan fingerprint density at radius 3 is 2.86 bits per heavy atom. The van der Waals surface area contributed by atoms with Gasteiger partial charge in [0, 0.05) is 31.9 Å². The third-order valence-electron chi connectivity index (χ3n) is 4.93. The number of halogens is 2. The smallest absolute Gasteiger partial charge is 0.198 e. The first-order valence-corrected chi connectivity index (χ1v) is 10.4. The van der Waals surface area contributed by atoms with Crippen molar-refractivity contribution in [3.05, 3.63) is 47.7 Å². The summed E-state index contributed by atoms with van der Waals surface area (Å²) in [4.78, 5) is 10.7. The van der Waals surface area contributed by atoms with Crippen LogP contribution in [0.1, 0.15) is 19.4 Å². The van der Waals surface area contributed by atoms with Gasteiger partial charge in [-0.05, 0) is 50.1 Å². The van der Waals surface area contributed by atoms with Crippen molar-refractivity contribution in [1.82, 2.24) is 15.0 Å². The fourth-order valence-electron chi connectivity index (χ4n) is 3.54. The molecule has 3 aromatic rings. The molecule has 2 N–H and O–H groups in total. The van der Waals surface area contributed by atoms with Crippen LogP contribution < -0.4 is 10.3 Å². The number of piperazine rings is 1. The topological polar surface area (TPSA) is 64.5 Å². The number of rotatable bonds is 5. The van der Waals surface area contributed by atoms with E-state index in [2.05, 4.69) is 20.4 Å². The standard InChI is InChI=1S/C20H23F2N5OS/c1-12-11-26(19-16(22)8-14(10-23-19)7-13(2)28)5-6-27(12)25-20-24-17-4-3-15(21)9-18(17)29-20/h3-4,8-10,12-13,28H,5-7,11H2,1-2H3,(H,24,25)/t12-,13+/m1/s1. The number of aromatic nitrogens is 2. The van der Waals surface area contributed by atoms with E-state index in [0.717, 1.165) is 10.2 Å². The number of thiazole rings is 1. The van der Waals surface area contributed by atoms with Crippen LogP contribution in [0.4, 0.5) is 19.7 Å². The highest BCUT2D eigenvalue weighted by Gasteiger charge is 2.27. The van der Waals surface area contributed by atoms with Crippen molar-refractivity contribution in [1.29, 1.82) is 0 Å². The molecule has 0 radical (unpaired) electrons. The molecule has 1 saturated heterocycles. The van der Waals surface area contributed by atoms with Gasteiger partial charge in [0.1, 0.15) is 5.82 Å². The first-order chi connectivity index (χ1) is 13.9. The van der Waals surface area contributed by atoms with Gasteiger partial charge in [-0.1, -0.05) is 11.3 Å². The lowest BCUT2D eigenvalue weighted by Gasteiger charge is -2.40. The van der Waals surface area contributed by atoms with Crippen LogP contribution in [0.5, 0.6) is 0 Å². The van der Waals surface area contributed by atoms with E-state index in [1.165, 1.54) is 29.5 Å². The normalized spacial score (nSPS) is 18.9. The number of benzene rings is 1. The lowest BCUT2D eigenvalue weighted by atomic mass is 10.1. The van der Waals surface area contributed by atoms with Gasteiger partial charge in [0.05, 0.1) is 16.3 Å². The Bertz CT molecular complexity index is 1010. The van der Waals surface area contributed by atoms with Gasteiger partial charge in [-0.25, -0.2) is 23.8 Å². The van der Waals surface area contributed by atoms with E-state index in [4.69, 9.17) is 0 Å². The highest BCUT2D eigenvalue weighted by molar-refractivity contribution is 7.22. The average molecular weight is 420 g/mol. The van der Waals surface area contributed by atoms with Crippen LogP contribution in [-0.4, -0.2) is 51.9 Å². The molecule has 1 aliphatic heterocycles. The van der Waals surface area contributed by atoms with Crippen LogP contribution in [0.15, 0.2) is 30.5 Å². The molecule has 1 aliphatic rings. The Labute approximate surface area is 171 Å². The van der Waals surface area contributed by atoms with Crippen LogP contribution in [0.2, 0.25) is 0 Å². The van der Waals surface area contributed by atoms with Crippen molar-refractivity contribution in [3.8, 4) is 0 Å². The molecule has 154 valence electrons. The van der Waals surface area contributed by atoms with E-state index in [0.29, 0.717) is 42.6 Å². The van der Waals surface area contributed by atoms with Gasteiger partial charge in [0.2, 0.25) is 0 Å². The number of nitrogens with one attached hydrogen (secondary N) is 1. The summed E-state index contributed by atoms with van der Waals surface area (Å²) in [6.45, 7) is 5.58. The zero-order chi connectivity index (χ0) is 20.5. The third-order valence-corrected chi connectivity index (χ3v) is 5.85. The van der Waals surface area contributed by atoms with Crippen molar-refractivity contribution < 1.29 is 13.9 Å². The maximum Gasteiger partial charge on any atom is 0.198 e. The maximum absolute atomic E-state index is 14.6. The van der Waals surface area contributed by atoms with Crippen LogP contribution in [0, 0.1) is 11.6 Å².